The van der Waals surface area contributed by atoms with Gasteiger partial charge in [0.05, 0.1) is 5.60 Å². The van der Waals surface area contributed by atoms with Gasteiger partial charge in [-0.3, -0.25) is 0 Å². The molecular formula is C8H16O2. The third kappa shape index (κ3) is 2.50. The van der Waals surface area contributed by atoms with Crippen molar-refractivity contribution in [2.75, 3.05) is 6.61 Å². The molecule has 0 aromatic carbocycles. The first kappa shape index (κ1) is 9.66. The van der Waals surface area contributed by atoms with Crippen LogP contribution >= 0.6 is 0 Å². The maximum atomic E-state index is 9.55. The van der Waals surface area contributed by atoms with Crippen molar-refractivity contribution in [3.05, 3.63) is 12.7 Å². The Bertz CT molecular complexity index is 108. The zero-order chi connectivity index (χ0) is 8.20. The summed E-state index contributed by atoms with van der Waals surface area (Å²) in [6.07, 6.45) is 2.18. The van der Waals surface area contributed by atoms with Crippen molar-refractivity contribution < 1.29 is 10.2 Å². The lowest BCUT2D eigenvalue weighted by Gasteiger charge is -2.27. The van der Waals surface area contributed by atoms with Gasteiger partial charge in [-0.25, -0.2) is 0 Å². The first-order valence-electron chi connectivity index (χ1n) is 3.48. The number of rotatable bonds is 4. The maximum Gasteiger partial charge on any atom is 0.0701 e. The second-order valence-electron chi connectivity index (χ2n) is 2.93. The van der Waals surface area contributed by atoms with Gasteiger partial charge in [-0.1, -0.05) is 13.0 Å². The van der Waals surface area contributed by atoms with Crippen LogP contribution < -0.4 is 0 Å². The summed E-state index contributed by atoms with van der Waals surface area (Å²) >= 11 is 0. The predicted octanol–water partition coefficient (Wildman–Crippen LogP) is 0.942. The lowest BCUT2D eigenvalue weighted by Crippen LogP contribution is -2.34. The minimum atomic E-state index is -0.809. The molecule has 0 heterocycles. The van der Waals surface area contributed by atoms with Gasteiger partial charge in [-0.15, -0.1) is 6.58 Å². The molecule has 0 fully saturated rings. The van der Waals surface area contributed by atoms with Crippen LogP contribution in [0.4, 0.5) is 0 Å². The van der Waals surface area contributed by atoms with Crippen molar-refractivity contribution in [2.45, 2.75) is 25.9 Å². The molecule has 0 amide bonds. The van der Waals surface area contributed by atoms with Crippen LogP contribution in [-0.2, 0) is 0 Å². The predicted molar refractivity (Wildman–Crippen MR) is 41.7 cm³/mol. The Morgan fingerprint density at radius 2 is 2.20 bits per heavy atom. The molecule has 2 nitrogen and oxygen atoms in total. The quantitative estimate of drug-likeness (QED) is 0.576. The number of hydrogen-bond acceptors (Lipinski definition) is 2. The first-order valence-corrected chi connectivity index (χ1v) is 3.48. The minimum Gasteiger partial charge on any atom is -0.396 e. The van der Waals surface area contributed by atoms with Crippen LogP contribution in [0.3, 0.4) is 0 Å². The lowest BCUT2D eigenvalue weighted by atomic mass is 9.88. The minimum absolute atomic E-state index is 0.0147. The van der Waals surface area contributed by atoms with Gasteiger partial charge >= 0.3 is 0 Å². The summed E-state index contributed by atoms with van der Waals surface area (Å²) in [5.74, 6) is -0.0921. The molecule has 2 heteroatoms. The van der Waals surface area contributed by atoms with Gasteiger partial charge in [0.2, 0.25) is 0 Å². The smallest absolute Gasteiger partial charge is 0.0701 e. The molecule has 0 aliphatic carbocycles. The fourth-order valence-corrected chi connectivity index (χ4v) is 0.690. The Morgan fingerprint density at radius 1 is 1.70 bits per heavy atom. The van der Waals surface area contributed by atoms with E-state index in [1.165, 1.54) is 0 Å². The Kier molecular flexibility index (Phi) is 3.61. The van der Waals surface area contributed by atoms with Crippen LogP contribution in [0.5, 0.6) is 0 Å². The van der Waals surface area contributed by atoms with E-state index in [4.69, 9.17) is 5.11 Å². The molecule has 2 N–H and O–H groups in total. The summed E-state index contributed by atoms with van der Waals surface area (Å²) in [6.45, 7) is 7.05. The Hall–Kier alpha value is -0.340. The molecule has 0 spiro atoms. The van der Waals surface area contributed by atoms with Gasteiger partial charge in [0.1, 0.15) is 0 Å². The van der Waals surface area contributed by atoms with Gasteiger partial charge < -0.3 is 10.2 Å². The van der Waals surface area contributed by atoms with Gasteiger partial charge in [-0.05, 0) is 13.3 Å². The van der Waals surface area contributed by atoms with E-state index in [2.05, 4.69) is 6.58 Å². The summed E-state index contributed by atoms with van der Waals surface area (Å²) in [5, 5.41) is 18.3. The summed E-state index contributed by atoms with van der Waals surface area (Å²) in [7, 11) is 0. The molecule has 0 aromatic heterocycles. The fraction of sp³-hybridized carbons (Fsp3) is 0.750. The number of aliphatic hydroxyl groups excluding tert-OH is 1. The molecule has 0 aliphatic rings. The molecule has 0 unspecified atom stereocenters. The van der Waals surface area contributed by atoms with Crippen molar-refractivity contribution in [3.63, 3.8) is 0 Å². The van der Waals surface area contributed by atoms with Crippen LogP contribution in [0.25, 0.3) is 0 Å². The summed E-state index contributed by atoms with van der Waals surface area (Å²) < 4.78 is 0. The van der Waals surface area contributed by atoms with Crippen LogP contribution in [0.15, 0.2) is 12.7 Å². The molecule has 0 radical (unpaired) electrons. The molecule has 0 saturated heterocycles. The SMILES string of the molecule is C=CC[C@](C)(O)[C@H](C)CO. The second kappa shape index (κ2) is 3.74. The van der Waals surface area contributed by atoms with Gasteiger partial charge in [-0.2, -0.15) is 0 Å². The van der Waals surface area contributed by atoms with E-state index in [1.54, 1.807) is 13.0 Å². The van der Waals surface area contributed by atoms with E-state index in [0.29, 0.717) is 6.42 Å². The monoisotopic (exact) mass is 144 g/mol. The third-order valence-corrected chi connectivity index (χ3v) is 1.89. The molecule has 0 bridgehead atoms. The molecule has 0 aliphatic heterocycles. The normalized spacial score (nSPS) is 19.6. The average molecular weight is 144 g/mol. The Balaban J connectivity index is 3.94. The molecule has 0 saturated carbocycles. The van der Waals surface area contributed by atoms with Crippen LogP contribution in [0.2, 0.25) is 0 Å². The molecule has 10 heavy (non-hydrogen) atoms. The molecule has 2 atom stereocenters. The molecule has 60 valence electrons. The molecular weight excluding hydrogens is 128 g/mol. The van der Waals surface area contributed by atoms with Gasteiger partial charge in [0.25, 0.3) is 0 Å². The highest BCUT2D eigenvalue weighted by molar-refractivity contribution is 4.86. The largest absolute Gasteiger partial charge is 0.396 e. The molecule has 0 aromatic rings. The second-order valence-corrected chi connectivity index (χ2v) is 2.93. The first-order chi connectivity index (χ1) is 4.54. The van der Waals surface area contributed by atoms with Gasteiger partial charge in [0, 0.05) is 12.5 Å². The Labute approximate surface area is 62.2 Å². The van der Waals surface area contributed by atoms with Crippen molar-refractivity contribution in [3.8, 4) is 0 Å². The highest BCUT2D eigenvalue weighted by Crippen LogP contribution is 2.20. The van der Waals surface area contributed by atoms with Crippen molar-refractivity contribution in [1.82, 2.24) is 0 Å². The van der Waals surface area contributed by atoms with E-state index >= 15 is 0 Å². The van der Waals surface area contributed by atoms with Crippen molar-refractivity contribution in [2.24, 2.45) is 5.92 Å². The van der Waals surface area contributed by atoms with Gasteiger partial charge in [0.15, 0.2) is 0 Å². The number of aliphatic hydroxyl groups is 2. The van der Waals surface area contributed by atoms with Crippen molar-refractivity contribution in [1.29, 1.82) is 0 Å². The zero-order valence-electron chi connectivity index (χ0n) is 6.67. The fourth-order valence-electron chi connectivity index (χ4n) is 0.690. The lowest BCUT2D eigenvalue weighted by molar-refractivity contribution is -0.0134. The van der Waals surface area contributed by atoms with E-state index in [9.17, 15) is 5.11 Å². The summed E-state index contributed by atoms with van der Waals surface area (Å²) in [5.41, 5.74) is -0.809. The van der Waals surface area contributed by atoms with Crippen LogP contribution in [0.1, 0.15) is 20.3 Å². The van der Waals surface area contributed by atoms with E-state index in [0.717, 1.165) is 0 Å². The van der Waals surface area contributed by atoms with E-state index < -0.39 is 5.60 Å². The third-order valence-electron chi connectivity index (χ3n) is 1.89. The number of hydrogen-bond donors (Lipinski definition) is 2. The summed E-state index contributed by atoms with van der Waals surface area (Å²) in [4.78, 5) is 0. The zero-order valence-corrected chi connectivity index (χ0v) is 6.67. The Morgan fingerprint density at radius 3 is 2.50 bits per heavy atom. The topological polar surface area (TPSA) is 40.5 Å². The molecule has 0 rings (SSSR count). The standard InChI is InChI=1S/C8H16O2/c1-4-5-8(3,10)7(2)6-9/h4,7,9-10H,1,5-6H2,2-3H3/t7-,8+/m1/s1. The maximum absolute atomic E-state index is 9.55. The summed E-state index contributed by atoms with van der Waals surface area (Å²) in [6, 6.07) is 0. The highest BCUT2D eigenvalue weighted by Gasteiger charge is 2.25. The van der Waals surface area contributed by atoms with Crippen LogP contribution in [-0.4, -0.2) is 22.4 Å². The highest BCUT2D eigenvalue weighted by atomic mass is 16.3. The van der Waals surface area contributed by atoms with Crippen molar-refractivity contribution >= 4 is 0 Å². The average Bonchev–Trinajstić information content (AvgIpc) is 1.86. The van der Waals surface area contributed by atoms with E-state index in [1.807, 2.05) is 6.92 Å². The van der Waals surface area contributed by atoms with E-state index in [-0.39, 0.29) is 12.5 Å². The van der Waals surface area contributed by atoms with Crippen LogP contribution in [0, 0.1) is 5.92 Å².